The highest BCUT2D eigenvalue weighted by Gasteiger charge is 2.29. The maximum absolute atomic E-state index is 14.6. The number of amides is 1. The smallest absolute Gasteiger partial charge is 0.309 e. The third-order valence-corrected chi connectivity index (χ3v) is 6.05. The van der Waals surface area contributed by atoms with Gasteiger partial charge in [-0.15, -0.1) is 0 Å². The lowest BCUT2D eigenvalue weighted by molar-refractivity contribution is -0.153. The van der Waals surface area contributed by atoms with Crippen LogP contribution in [0, 0.1) is 11.7 Å². The molecule has 0 bridgehead atoms. The minimum absolute atomic E-state index is 0.0849. The highest BCUT2D eigenvalue weighted by Crippen LogP contribution is 2.37. The minimum atomic E-state index is -0.498. The molecule has 7 heteroatoms. The van der Waals surface area contributed by atoms with E-state index < -0.39 is 11.7 Å². The normalized spacial score (nSPS) is 18.9. The van der Waals surface area contributed by atoms with Gasteiger partial charge in [0.15, 0.2) is 0 Å². The Hall–Kier alpha value is -2.11. The molecule has 1 aliphatic carbocycles. The summed E-state index contributed by atoms with van der Waals surface area (Å²) in [5.74, 6) is -1.01. The average molecular weight is 452 g/mol. The molecule has 4 nitrogen and oxygen atoms in total. The van der Waals surface area contributed by atoms with Crippen molar-refractivity contribution in [3.05, 3.63) is 63.4 Å². The van der Waals surface area contributed by atoms with Gasteiger partial charge in [0.05, 0.1) is 27.8 Å². The molecule has 1 aliphatic rings. The van der Waals surface area contributed by atoms with Crippen molar-refractivity contribution in [1.29, 1.82) is 0 Å². The van der Waals surface area contributed by atoms with Crippen molar-refractivity contribution in [2.24, 2.45) is 5.92 Å². The first-order valence-corrected chi connectivity index (χ1v) is 10.8. The fourth-order valence-electron chi connectivity index (χ4n) is 3.71. The highest BCUT2D eigenvalue weighted by atomic mass is 35.5. The number of halogens is 3. The molecular weight excluding hydrogens is 428 g/mol. The number of hydrogen-bond acceptors (Lipinski definition) is 3. The van der Waals surface area contributed by atoms with Crippen LogP contribution in [0.25, 0.3) is 0 Å². The van der Waals surface area contributed by atoms with E-state index in [1.807, 2.05) is 19.9 Å². The Morgan fingerprint density at radius 3 is 2.33 bits per heavy atom. The van der Waals surface area contributed by atoms with Crippen molar-refractivity contribution in [2.45, 2.75) is 51.6 Å². The van der Waals surface area contributed by atoms with Gasteiger partial charge in [-0.1, -0.05) is 29.3 Å². The first-order chi connectivity index (χ1) is 14.2. The van der Waals surface area contributed by atoms with Crippen LogP contribution in [0.4, 0.5) is 10.1 Å². The van der Waals surface area contributed by atoms with Crippen LogP contribution in [0.2, 0.25) is 10.0 Å². The van der Waals surface area contributed by atoms with E-state index in [-0.39, 0.29) is 34.6 Å². The molecule has 1 amide bonds. The maximum Gasteiger partial charge on any atom is 0.309 e. The van der Waals surface area contributed by atoms with E-state index >= 15 is 0 Å². The Morgan fingerprint density at radius 1 is 1.03 bits per heavy atom. The molecule has 0 aliphatic heterocycles. The summed E-state index contributed by atoms with van der Waals surface area (Å²) in [6.07, 6.45) is 2.94. The van der Waals surface area contributed by atoms with Crippen molar-refractivity contribution in [3.63, 3.8) is 0 Å². The van der Waals surface area contributed by atoms with E-state index in [0.717, 1.165) is 31.2 Å². The Labute approximate surface area is 185 Å². The first kappa shape index (κ1) is 22.6. The molecule has 0 aromatic heterocycles. The number of hydrogen-bond donors (Lipinski definition) is 1. The number of anilines is 1. The molecule has 2 aromatic carbocycles. The molecule has 3 rings (SSSR count). The summed E-state index contributed by atoms with van der Waals surface area (Å²) in [5, 5.41) is 3.17. The number of benzene rings is 2. The zero-order valence-electron chi connectivity index (χ0n) is 16.9. The average Bonchev–Trinajstić information content (AvgIpc) is 2.71. The van der Waals surface area contributed by atoms with Crippen LogP contribution in [0.5, 0.6) is 0 Å². The summed E-state index contributed by atoms with van der Waals surface area (Å²) >= 11 is 11.8. The molecule has 0 radical (unpaired) electrons. The summed E-state index contributed by atoms with van der Waals surface area (Å²) < 4.78 is 19.9. The molecule has 1 saturated carbocycles. The SMILES string of the molecule is CC(C)OC(=O)C1CCC(c2ccc(NC(=O)c3ccc(Cl)c(Cl)c3)c(F)c2)CC1. The van der Waals surface area contributed by atoms with Crippen molar-refractivity contribution >= 4 is 40.8 Å². The summed E-state index contributed by atoms with van der Waals surface area (Å²) in [5.41, 5.74) is 1.26. The summed E-state index contributed by atoms with van der Waals surface area (Å²) in [4.78, 5) is 24.4. The van der Waals surface area contributed by atoms with Crippen LogP contribution < -0.4 is 5.32 Å². The number of esters is 1. The predicted octanol–water partition coefficient (Wildman–Crippen LogP) is 6.61. The van der Waals surface area contributed by atoms with Crippen molar-refractivity contribution < 1.29 is 18.7 Å². The second-order valence-electron chi connectivity index (χ2n) is 7.86. The predicted molar refractivity (Wildman–Crippen MR) is 117 cm³/mol. The van der Waals surface area contributed by atoms with Gasteiger partial charge in [0.2, 0.25) is 0 Å². The molecule has 0 saturated heterocycles. The summed E-state index contributed by atoms with van der Waals surface area (Å²) in [6.45, 7) is 3.68. The molecule has 1 N–H and O–H groups in total. The highest BCUT2D eigenvalue weighted by molar-refractivity contribution is 6.42. The molecule has 0 spiro atoms. The van der Waals surface area contributed by atoms with Crippen LogP contribution in [0.3, 0.4) is 0 Å². The standard InChI is InChI=1S/C23H24Cl2FNO3/c1-13(2)30-23(29)15-5-3-14(4-6-15)16-8-10-21(20(26)12-16)27-22(28)17-7-9-18(24)19(25)11-17/h7-15H,3-6H2,1-2H3,(H,27,28). The molecule has 0 unspecified atom stereocenters. The Balaban J connectivity index is 1.62. The van der Waals surface area contributed by atoms with E-state index in [1.165, 1.54) is 24.3 Å². The number of carbonyl (C=O) groups is 2. The first-order valence-electron chi connectivity index (χ1n) is 10.0. The third-order valence-electron chi connectivity index (χ3n) is 5.31. The topological polar surface area (TPSA) is 55.4 Å². The lowest BCUT2D eigenvalue weighted by Gasteiger charge is -2.28. The van der Waals surface area contributed by atoms with Gasteiger partial charge in [0, 0.05) is 5.56 Å². The van der Waals surface area contributed by atoms with Crippen molar-refractivity contribution in [1.82, 2.24) is 0 Å². The molecule has 30 heavy (non-hydrogen) atoms. The van der Waals surface area contributed by atoms with Gasteiger partial charge in [0.1, 0.15) is 5.82 Å². The molecule has 160 valence electrons. The Morgan fingerprint density at radius 2 is 1.73 bits per heavy atom. The zero-order chi connectivity index (χ0) is 21.8. The third kappa shape index (κ3) is 5.52. The lowest BCUT2D eigenvalue weighted by Crippen LogP contribution is -2.25. The fraction of sp³-hybridized carbons (Fsp3) is 0.391. The van der Waals surface area contributed by atoms with E-state index in [4.69, 9.17) is 27.9 Å². The molecule has 1 fully saturated rings. The van der Waals surface area contributed by atoms with E-state index in [9.17, 15) is 14.0 Å². The van der Waals surface area contributed by atoms with Crippen molar-refractivity contribution in [2.75, 3.05) is 5.32 Å². The van der Waals surface area contributed by atoms with Crippen LogP contribution in [0.15, 0.2) is 36.4 Å². The summed E-state index contributed by atoms with van der Waals surface area (Å²) in [7, 11) is 0. The Bertz CT molecular complexity index is 940. The van der Waals surface area contributed by atoms with Crippen LogP contribution in [-0.2, 0) is 9.53 Å². The lowest BCUT2D eigenvalue weighted by atomic mass is 9.78. The van der Waals surface area contributed by atoms with Gasteiger partial charge in [-0.25, -0.2) is 4.39 Å². The second-order valence-corrected chi connectivity index (χ2v) is 8.67. The van der Waals surface area contributed by atoms with Crippen LogP contribution >= 0.6 is 23.2 Å². The maximum atomic E-state index is 14.6. The van der Waals surface area contributed by atoms with E-state index in [2.05, 4.69) is 5.32 Å². The zero-order valence-corrected chi connectivity index (χ0v) is 18.4. The van der Waals surface area contributed by atoms with E-state index in [1.54, 1.807) is 6.07 Å². The second kappa shape index (κ2) is 9.80. The van der Waals surface area contributed by atoms with Gasteiger partial charge >= 0.3 is 5.97 Å². The number of nitrogens with one attached hydrogen (secondary N) is 1. The molecule has 0 heterocycles. The Kier molecular flexibility index (Phi) is 7.37. The quantitative estimate of drug-likeness (QED) is 0.520. The van der Waals surface area contributed by atoms with Gasteiger partial charge in [-0.3, -0.25) is 9.59 Å². The van der Waals surface area contributed by atoms with Gasteiger partial charge in [-0.05, 0) is 81.3 Å². The monoisotopic (exact) mass is 451 g/mol. The van der Waals surface area contributed by atoms with E-state index in [0.29, 0.717) is 10.6 Å². The number of carbonyl (C=O) groups excluding carboxylic acids is 2. The minimum Gasteiger partial charge on any atom is -0.463 e. The number of rotatable bonds is 5. The fourth-order valence-corrected chi connectivity index (χ4v) is 4.01. The molecule has 0 atom stereocenters. The molecular formula is C23H24Cl2FNO3. The number of ether oxygens (including phenoxy) is 1. The molecule has 2 aromatic rings. The largest absolute Gasteiger partial charge is 0.463 e. The van der Waals surface area contributed by atoms with Crippen LogP contribution in [0.1, 0.15) is 61.4 Å². The van der Waals surface area contributed by atoms with Crippen LogP contribution in [-0.4, -0.2) is 18.0 Å². The van der Waals surface area contributed by atoms with Gasteiger partial charge in [0.25, 0.3) is 5.91 Å². The van der Waals surface area contributed by atoms with Crippen molar-refractivity contribution in [3.8, 4) is 0 Å². The van der Waals surface area contributed by atoms with Gasteiger partial charge in [-0.2, -0.15) is 0 Å². The summed E-state index contributed by atoms with van der Waals surface area (Å²) in [6, 6.07) is 9.34. The van der Waals surface area contributed by atoms with Gasteiger partial charge < -0.3 is 10.1 Å².